The molecule has 2 heterocycles. The quantitative estimate of drug-likeness (QED) is 0.944. The molecule has 86 valence electrons. The van der Waals surface area contributed by atoms with Gasteiger partial charge in [-0.1, -0.05) is 0 Å². The minimum Gasteiger partial charge on any atom is -0.309 e. The van der Waals surface area contributed by atoms with Crippen molar-refractivity contribution in [3.8, 4) is 0 Å². The monoisotopic (exact) mass is 299 g/mol. The Morgan fingerprint density at radius 3 is 2.75 bits per heavy atom. The Morgan fingerprint density at radius 1 is 1.56 bits per heavy atom. The SMILES string of the molecule is CNC(c1cnn(C)c1C)c1sccc1Br. The molecule has 0 aliphatic heterocycles. The van der Waals surface area contributed by atoms with E-state index in [1.807, 2.05) is 25.0 Å². The topological polar surface area (TPSA) is 29.9 Å². The molecule has 16 heavy (non-hydrogen) atoms. The molecule has 3 nitrogen and oxygen atoms in total. The van der Waals surface area contributed by atoms with Crippen molar-refractivity contribution in [1.82, 2.24) is 15.1 Å². The van der Waals surface area contributed by atoms with E-state index in [0.717, 1.165) is 4.47 Å². The smallest absolute Gasteiger partial charge is 0.0713 e. The summed E-state index contributed by atoms with van der Waals surface area (Å²) in [5.41, 5.74) is 2.42. The standard InChI is InChI=1S/C11H14BrN3S/c1-7-8(6-14-15(7)3)10(13-2)11-9(12)4-5-16-11/h4-6,10,13H,1-3H3. The van der Waals surface area contributed by atoms with Crippen LogP contribution in [0.25, 0.3) is 0 Å². The van der Waals surface area contributed by atoms with Crippen molar-refractivity contribution in [3.05, 3.63) is 38.3 Å². The number of hydrogen-bond acceptors (Lipinski definition) is 3. The zero-order chi connectivity index (χ0) is 11.7. The fourth-order valence-electron chi connectivity index (χ4n) is 1.74. The lowest BCUT2D eigenvalue weighted by molar-refractivity contribution is 0.687. The van der Waals surface area contributed by atoms with Crippen molar-refractivity contribution in [3.63, 3.8) is 0 Å². The fourth-order valence-corrected chi connectivity index (χ4v) is 3.47. The predicted molar refractivity (Wildman–Crippen MR) is 70.9 cm³/mol. The van der Waals surface area contributed by atoms with E-state index in [-0.39, 0.29) is 6.04 Å². The Balaban J connectivity index is 2.45. The molecular formula is C11H14BrN3S. The van der Waals surface area contributed by atoms with Gasteiger partial charge in [0.1, 0.15) is 0 Å². The summed E-state index contributed by atoms with van der Waals surface area (Å²) in [5, 5.41) is 9.73. The maximum absolute atomic E-state index is 4.29. The second-order valence-corrected chi connectivity index (χ2v) is 5.47. The minimum atomic E-state index is 0.211. The zero-order valence-electron chi connectivity index (χ0n) is 9.49. The number of rotatable bonds is 3. The largest absolute Gasteiger partial charge is 0.309 e. The number of nitrogens with one attached hydrogen (secondary N) is 1. The van der Waals surface area contributed by atoms with E-state index in [0.29, 0.717) is 0 Å². The van der Waals surface area contributed by atoms with Crippen molar-refractivity contribution >= 4 is 27.3 Å². The van der Waals surface area contributed by atoms with E-state index in [1.165, 1.54) is 16.1 Å². The molecule has 0 spiro atoms. The highest BCUT2D eigenvalue weighted by Gasteiger charge is 2.20. The van der Waals surface area contributed by atoms with Crippen LogP contribution < -0.4 is 5.32 Å². The summed E-state index contributed by atoms with van der Waals surface area (Å²) in [6, 6.07) is 2.29. The van der Waals surface area contributed by atoms with Gasteiger partial charge in [0.2, 0.25) is 0 Å². The van der Waals surface area contributed by atoms with Crippen LogP contribution in [0.2, 0.25) is 0 Å². The first-order valence-electron chi connectivity index (χ1n) is 5.03. The molecule has 2 aromatic heterocycles. The van der Waals surface area contributed by atoms with Crippen molar-refractivity contribution in [2.45, 2.75) is 13.0 Å². The van der Waals surface area contributed by atoms with Crippen LogP contribution in [-0.2, 0) is 7.05 Å². The second-order valence-electron chi connectivity index (χ2n) is 3.66. The van der Waals surface area contributed by atoms with Crippen molar-refractivity contribution in [1.29, 1.82) is 0 Å². The maximum Gasteiger partial charge on any atom is 0.0713 e. The van der Waals surface area contributed by atoms with Gasteiger partial charge >= 0.3 is 0 Å². The lowest BCUT2D eigenvalue weighted by Crippen LogP contribution is -2.17. The van der Waals surface area contributed by atoms with Gasteiger partial charge in [-0.3, -0.25) is 4.68 Å². The summed E-state index contributed by atoms with van der Waals surface area (Å²) in [7, 11) is 3.94. The van der Waals surface area contributed by atoms with Gasteiger partial charge in [-0.15, -0.1) is 11.3 Å². The highest BCUT2D eigenvalue weighted by Crippen LogP contribution is 2.33. The van der Waals surface area contributed by atoms with Gasteiger partial charge in [0.15, 0.2) is 0 Å². The van der Waals surface area contributed by atoms with Crippen LogP contribution in [-0.4, -0.2) is 16.8 Å². The first-order valence-corrected chi connectivity index (χ1v) is 6.71. The number of nitrogens with zero attached hydrogens (tertiary/aromatic N) is 2. The van der Waals surface area contributed by atoms with Crippen LogP contribution in [0.5, 0.6) is 0 Å². The molecule has 1 unspecified atom stereocenters. The molecule has 1 N–H and O–H groups in total. The molecule has 0 aromatic carbocycles. The lowest BCUT2D eigenvalue weighted by atomic mass is 10.1. The number of aryl methyl sites for hydroxylation is 1. The molecule has 0 saturated heterocycles. The normalized spacial score (nSPS) is 13.0. The van der Waals surface area contributed by atoms with Gasteiger partial charge in [-0.2, -0.15) is 5.10 Å². The van der Waals surface area contributed by atoms with Gasteiger partial charge in [0.05, 0.1) is 12.2 Å². The molecule has 0 bridgehead atoms. The summed E-state index contributed by atoms with van der Waals surface area (Å²) in [6.45, 7) is 2.09. The van der Waals surface area contributed by atoms with E-state index < -0.39 is 0 Å². The highest BCUT2D eigenvalue weighted by molar-refractivity contribution is 9.10. The van der Waals surface area contributed by atoms with Gasteiger partial charge in [0, 0.05) is 27.7 Å². The lowest BCUT2D eigenvalue weighted by Gasteiger charge is -2.15. The number of thiophene rings is 1. The third kappa shape index (κ3) is 1.95. The van der Waals surface area contributed by atoms with Crippen LogP contribution in [0.4, 0.5) is 0 Å². The van der Waals surface area contributed by atoms with Crippen molar-refractivity contribution in [2.24, 2.45) is 7.05 Å². The number of aromatic nitrogens is 2. The van der Waals surface area contributed by atoms with Gasteiger partial charge in [-0.25, -0.2) is 0 Å². The Hall–Kier alpha value is -0.650. The van der Waals surface area contributed by atoms with Gasteiger partial charge in [0.25, 0.3) is 0 Å². The van der Waals surface area contributed by atoms with E-state index in [2.05, 4.69) is 44.7 Å². The molecule has 0 radical (unpaired) electrons. The molecule has 0 saturated carbocycles. The highest BCUT2D eigenvalue weighted by atomic mass is 79.9. The first kappa shape index (κ1) is 11.8. The van der Waals surface area contributed by atoms with Gasteiger partial charge in [-0.05, 0) is 41.3 Å². The van der Waals surface area contributed by atoms with E-state index in [1.54, 1.807) is 11.3 Å². The average Bonchev–Trinajstić information content (AvgIpc) is 2.81. The third-order valence-electron chi connectivity index (χ3n) is 2.78. The number of hydrogen-bond donors (Lipinski definition) is 1. The molecule has 2 rings (SSSR count). The summed E-state index contributed by atoms with van der Waals surface area (Å²) < 4.78 is 3.06. The molecule has 2 aromatic rings. The predicted octanol–water partition coefficient (Wildman–Crippen LogP) is 2.86. The van der Waals surface area contributed by atoms with Gasteiger partial charge < -0.3 is 5.32 Å². The van der Waals surface area contributed by atoms with Crippen LogP contribution in [0.1, 0.15) is 22.2 Å². The molecule has 5 heteroatoms. The molecule has 0 aliphatic rings. The third-order valence-corrected chi connectivity index (χ3v) is 4.72. The second kappa shape index (κ2) is 4.69. The summed E-state index contributed by atoms with van der Waals surface area (Å²) in [4.78, 5) is 1.29. The van der Waals surface area contributed by atoms with Crippen LogP contribution >= 0.6 is 27.3 Å². The van der Waals surface area contributed by atoms with Crippen LogP contribution in [0.3, 0.4) is 0 Å². The average molecular weight is 300 g/mol. The van der Waals surface area contributed by atoms with E-state index in [4.69, 9.17) is 0 Å². The van der Waals surface area contributed by atoms with E-state index in [9.17, 15) is 0 Å². The summed E-state index contributed by atoms with van der Waals surface area (Å²) in [6.07, 6.45) is 1.93. The molecule has 1 atom stereocenters. The Labute approximate surface area is 108 Å². The van der Waals surface area contributed by atoms with Crippen molar-refractivity contribution in [2.75, 3.05) is 7.05 Å². The first-order chi connectivity index (χ1) is 7.65. The minimum absolute atomic E-state index is 0.211. The van der Waals surface area contributed by atoms with Crippen molar-refractivity contribution < 1.29 is 0 Å². The summed E-state index contributed by atoms with van der Waals surface area (Å²) in [5.74, 6) is 0. The zero-order valence-corrected chi connectivity index (χ0v) is 11.9. The molecule has 0 fully saturated rings. The molecular weight excluding hydrogens is 286 g/mol. The molecule has 0 amide bonds. The number of halogens is 1. The Bertz CT molecular complexity index is 489. The van der Waals surface area contributed by atoms with Crippen LogP contribution in [0.15, 0.2) is 22.1 Å². The summed E-state index contributed by atoms with van der Waals surface area (Å²) >= 11 is 5.33. The Morgan fingerprint density at radius 2 is 2.31 bits per heavy atom. The van der Waals surface area contributed by atoms with Crippen LogP contribution in [0, 0.1) is 6.92 Å². The fraction of sp³-hybridized carbons (Fsp3) is 0.364. The maximum atomic E-state index is 4.29. The molecule has 0 aliphatic carbocycles. The van der Waals surface area contributed by atoms with E-state index >= 15 is 0 Å². The Kier molecular flexibility index (Phi) is 3.47.